The third-order valence-electron chi connectivity index (χ3n) is 6.62. The quantitative estimate of drug-likeness (QED) is 0.539. The van der Waals surface area contributed by atoms with Crippen LogP contribution in [0.5, 0.6) is 0 Å². The third-order valence-corrected chi connectivity index (χ3v) is 8.45. The van der Waals surface area contributed by atoms with E-state index in [2.05, 4.69) is 21.0 Å². The summed E-state index contributed by atoms with van der Waals surface area (Å²) in [5, 5.41) is 14.6. The van der Waals surface area contributed by atoms with E-state index in [-0.39, 0.29) is 21.7 Å². The van der Waals surface area contributed by atoms with Gasteiger partial charge in [-0.05, 0) is 61.7 Å². The lowest BCUT2D eigenvalue weighted by atomic mass is 9.94. The van der Waals surface area contributed by atoms with Gasteiger partial charge in [0.1, 0.15) is 0 Å². The minimum Gasteiger partial charge on any atom is -0.351 e. The molecule has 3 atom stereocenters. The molecular formula is C23H27N5O3S. The van der Waals surface area contributed by atoms with Crippen molar-refractivity contribution >= 4 is 26.6 Å². The molecular weight excluding hydrogens is 426 g/mol. The van der Waals surface area contributed by atoms with Gasteiger partial charge in [0, 0.05) is 25.0 Å². The molecule has 8 nitrogen and oxygen atoms in total. The number of hydrogen-bond donors (Lipinski definition) is 3. The lowest BCUT2D eigenvalue weighted by molar-refractivity contribution is -0.123. The maximum absolute atomic E-state index is 13.2. The number of rotatable bonds is 5. The van der Waals surface area contributed by atoms with Crippen molar-refractivity contribution in [2.45, 2.75) is 41.3 Å². The van der Waals surface area contributed by atoms with Crippen LogP contribution in [0.1, 0.15) is 18.4 Å². The van der Waals surface area contributed by atoms with E-state index in [1.807, 2.05) is 6.07 Å². The summed E-state index contributed by atoms with van der Waals surface area (Å²) >= 11 is 0. The Bertz CT molecular complexity index is 1240. The molecule has 2 fully saturated rings. The van der Waals surface area contributed by atoms with E-state index in [1.54, 1.807) is 54.3 Å². The largest absolute Gasteiger partial charge is 0.351 e. The smallest absolute Gasteiger partial charge is 0.237 e. The van der Waals surface area contributed by atoms with E-state index < -0.39 is 9.84 Å². The van der Waals surface area contributed by atoms with Crippen LogP contribution >= 0.6 is 0 Å². The van der Waals surface area contributed by atoms with E-state index in [4.69, 9.17) is 0 Å². The molecule has 32 heavy (non-hydrogen) atoms. The topological polar surface area (TPSA) is 105 Å². The van der Waals surface area contributed by atoms with E-state index >= 15 is 0 Å². The average molecular weight is 454 g/mol. The fourth-order valence-electron chi connectivity index (χ4n) is 4.81. The van der Waals surface area contributed by atoms with Gasteiger partial charge >= 0.3 is 0 Å². The number of sulfone groups is 1. The van der Waals surface area contributed by atoms with Crippen molar-refractivity contribution in [3.05, 3.63) is 54.2 Å². The number of hydrogen-bond acceptors (Lipinski definition) is 6. The van der Waals surface area contributed by atoms with Gasteiger partial charge in [-0.15, -0.1) is 0 Å². The van der Waals surface area contributed by atoms with E-state index in [0.29, 0.717) is 23.9 Å². The molecule has 3 unspecified atom stereocenters. The molecule has 0 saturated carbocycles. The van der Waals surface area contributed by atoms with E-state index in [1.165, 1.54) is 0 Å². The summed E-state index contributed by atoms with van der Waals surface area (Å²) in [7, 11) is -1.90. The second-order valence-corrected chi connectivity index (χ2v) is 10.6. The number of aryl methyl sites for hydroxylation is 1. The summed E-state index contributed by atoms with van der Waals surface area (Å²) in [5.74, 6) is 0.507. The van der Waals surface area contributed by atoms with Crippen LogP contribution in [-0.2, 0) is 28.2 Å². The Hall–Kier alpha value is -2.75. The van der Waals surface area contributed by atoms with Gasteiger partial charge in [0.2, 0.25) is 15.7 Å². The predicted octanol–water partition coefficient (Wildman–Crippen LogP) is 1.36. The van der Waals surface area contributed by atoms with Crippen molar-refractivity contribution in [2.24, 2.45) is 13.0 Å². The SMILES string of the molecule is Cn1ncc2c(S(=O)(=O)c3ccc(CNC(=O)C4CC5CNCCC5N4)cc3)cccc21. The highest BCUT2D eigenvalue weighted by Crippen LogP contribution is 2.28. The Labute approximate surface area is 187 Å². The molecule has 9 heteroatoms. The Kier molecular flexibility index (Phi) is 5.48. The number of aromatic nitrogens is 2. The van der Waals surface area contributed by atoms with Crippen molar-refractivity contribution in [1.82, 2.24) is 25.7 Å². The zero-order chi connectivity index (χ0) is 22.3. The minimum absolute atomic E-state index is 0.000599. The van der Waals surface area contributed by atoms with E-state index in [9.17, 15) is 13.2 Å². The Balaban J connectivity index is 1.26. The second-order valence-electron chi connectivity index (χ2n) is 8.64. The monoisotopic (exact) mass is 453 g/mol. The molecule has 0 radical (unpaired) electrons. The molecule has 1 aromatic heterocycles. The molecule has 0 bridgehead atoms. The third kappa shape index (κ3) is 3.80. The molecule has 2 saturated heterocycles. The van der Waals surface area contributed by atoms with Crippen LogP contribution in [0.3, 0.4) is 0 Å². The van der Waals surface area contributed by atoms with Crippen LogP contribution in [0, 0.1) is 5.92 Å². The van der Waals surface area contributed by atoms with Crippen molar-refractivity contribution < 1.29 is 13.2 Å². The molecule has 0 spiro atoms. The molecule has 5 rings (SSSR count). The summed E-state index contributed by atoms with van der Waals surface area (Å²) in [6.45, 7) is 2.32. The zero-order valence-corrected chi connectivity index (χ0v) is 18.7. The predicted molar refractivity (Wildman–Crippen MR) is 121 cm³/mol. The highest BCUT2D eigenvalue weighted by Gasteiger charge is 2.38. The second kappa shape index (κ2) is 8.31. The van der Waals surface area contributed by atoms with Gasteiger partial charge in [-0.25, -0.2) is 8.42 Å². The van der Waals surface area contributed by atoms with Crippen molar-refractivity contribution in [3.63, 3.8) is 0 Å². The molecule has 3 heterocycles. The molecule has 2 aliphatic heterocycles. The summed E-state index contributed by atoms with van der Waals surface area (Å²) in [6, 6.07) is 12.1. The van der Waals surface area contributed by atoms with E-state index in [0.717, 1.165) is 37.0 Å². The average Bonchev–Trinajstić information content (AvgIpc) is 3.41. The first kappa shape index (κ1) is 21.1. The first-order valence-electron chi connectivity index (χ1n) is 10.9. The molecule has 1 amide bonds. The molecule has 2 aliphatic rings. The first-order valence-corrected chi connectivity index (χ1v) is 12.4. The maximum atomic E-state index is 13.2. The number of fused-ring (bicyclic) bond motifs is 2. The van der Waals surface area contributed by atoms with Crippen LogP contribution in [0.4, 0.5) is 0 Å². The van der Waals surface area contributed by atoms with Crippen molar-refractivity contribution in [1.29, 1.82) is 0 Å². The lowest BCUT2D eigenvalue weighted by Gasteiger charge is -2.25. The number of carbonyl (C=O) groups excluding carboxylic acids is 1. The zero-order valence-electron chi connectivity index (χ0n) is 17.9. The van der Waals surface area contributed by atoms with Crippen LogP contribution in [0.2, 0.25) is 0 Å². The van der Waals surface area contributed by atoms with Gasteiger partial charge in [0.25, 0.3) is 0 Å². The standard InChI is InChI=1S/C23H27N5O3S/c1-28-21-3-2-4-22(18(21)14-26-28)32(30,31)17-7-5-15(6-8-17)12-25-23(29)20-11-16-13-24-10-9-19(16)27-20/h2-8,14,16,19-20,24,27H,9-13H2,1H3,(H,25,29). The van der Waals surface area contributed by atoms with Crippen molar-refractivity contribution in [2.75, 3.05) is 13.1 Å². The maximum Gasteiger partial charge on any atom is 0.237 e. The molecule has 2 aromatic carbocycles. The Morgan fingerprint density at radius 3 is 2.81 bits per heavy atom. The van der Waals surface area contributed by atoms with Crippen molar-refractivity contribution in [3.8, 4) is 0 Å². The van der Waals surface area contributed by atoms with Gasteiger partial charge in [0.05, 0.1) is 27.5 Å². The number of carbonyl (C=O) groups is 1. The lowest BCUT2D eigenvalue weighted by Crippen LogP contribution is -2.45. The van der Waals surface area contributed by atoms with Crippen LogP contribution in [-0.4, -0.2) is 49.3 Å². The summed E-state index contributed by atoms with van der Waals surface area (Å²) in [4.78, 5) is 13.1. The molecule has 3 aromatic rings. The fraction of sp³-hybridized carbons (Fsp3) is 0.391. The van der Waals surface area contributed by atoms with Gasteiger partial charge in [-0.2, -0.15) is 5.10 Å². The Morgan fingerprint density at radius 2 is 2.03 bits per heavy atom. The molecule has 168 valence electrons. The molecule has 3 N–H and O–H groups in total. The summed E-state index contributed by atoms with van der Waals surface area (Å²) in [5.41, 5.74) is 1.62. The van der Waals surface area contributed by atoms with Gasteiger partial charge in [-0.3, -0.25) is 9.48 Å². The number of piperidine rings is 1. The fourth-order valence-corrected chi connectivity index (χ4v) is 6.27. The highest BCUT2D eigenvalue weighted by atomic mass is 32.2. The number of nitrogens with zero attached hydrogens (tertiary/aromatic N) is 2. The van der Waals surface area contributed by atoms with Crippen LogP contribution < -0.4 is 16.0 Å². The number of nitrogens with one attached hydrogen (secondary N) is 3. The highest BCUT2D eigenvalue weighted by molar-refractivity contribution is 7.91. The first-order chi connectivity index (χ1) is 15.4. The van der Waals surface area contributed by atoms with Crippen LogP contribution in [0.25, 0.3) is 10.9 Å². The normalized spacial score (nSPS) is 23.2. The molecule has 0 aliphatic carbocycles. The minimum atomic E-state index is -3.68. The van der Waals surface area contributed by atoms with Crippen LogP contribution in [0.15, 0.2) is 58.5 Å². The van der Waals surface area contributed by atoms with Gasteiger partial charge in [0.15, 0.2) is 0 Å². The summed E-state index contributed by atoms with van der Waals surface area (Å²) < 4.78 is 28.1. The Morgan fingerprint density at radius 1 is 1.22 bits per heavy atom. The summed E-state index contributed by atoms with van der Waals surface area (Å²) in [6.07, 6.45) is 3.48. The number of amides is 1. The van der Waals surface area contributed by atoms with Gasteiger partial charge < -0.3 is 16.0 Å². The van der Waals surface area contributed by atoms with Gasteiger partial charge in [-0.1, -0.05) is 18.2 Å². The number of benzene rings is 2.